The summed E-state index contributed by atoms with van der Waals surface area (Å²) in [4.78, 5) is 0. The summed E-state index contributed by atoms with van der Waals surface area (Å²) in [6.07, 6.45) is 1.36. The second kappa shape index (κ2) is 2.30. The van der Waals surface area contributed by atoms with Crippen LogP contribution in [0.5, 0.6) is 0 Å². The molecule has 1 heterocycles. The van der Waals surface area contributed by atoms with Crippen LogP contribution < -0.4 is 5.32 Å². The maximum absolute atomic E-state index is 3.38. The topological polar surface area (TPSA) is 12.0 Å². The van der Waals surface area contributed by atoms with Gasteiger partial charge in [-0.15, -0.1) is 0 Å². The maximum atomic E-state index is 3.38. The lowest BCUT2D eigenvalue weighted by Crippen LogP contribution is -2.22. The molecule has 0 saturated carbocycles. The highest BCUT2D eigenvalue weighted by Gasteiger charge is 2.26. The molecule has 0 aromatic rings. The van der Waals surface area contributed by atoms with Crippen LogP contribution in [0, 0.1) is 11.3 Å². The van der Waals surface area contributed by atoms with Crippen LogP contribution in [0.25, 0.3) is 0 Å². The normalized spacial score (nSPS) is 29.0. The van der Waals surface area contributed by atoms with Gasteiger partial charge in [0.25, 0.3) is 0 Å². The van der Waals surface area contributed by atoms with E-state index in [1.807, 2.05) is 0 Å². The molecule has 0 radical (unpaired) electrons. The van der Waals surface area contributed by atoms with Crippen LogP contribution >= 0.6 is 0 Å². The second-order valence-electron chi connectivity index (χ2n) is 4.06. The molecule has 1 nitrogen and oxygen atoms in total. The van der Waals surface area contributed by atoms with Gasteiger partial charge in [-0.25, -0.2) is 0 Å². The van der Waals surface area contributed by atoms with Crippen molar-refractivity contribution in [2.24, 2.45) is 11.3 Å². The smallest absolute Gasteiger partial charge is 0.00150 e. The highest BCUT2D eigenvalue weighted by Crippen LogP contribution is 2.29. The minimum absolute atomic E-state index is 0.517. The molecule has 0 aromatic carbocycles. The molecule has 1 atom stereocenters. The molecular weight excluding hydrogens is 110 g/mol. The van der Waals surface area contributed by atoms with Crippen molar-refractivity contribution in [1.82, 2.24) is 5.32 Å². The Morgan fingerprint density at radius 1 is 1.33 bits per heavy atom. The fraction of sp³-hybridized carbons (Fsp3) is 1.00. The predicted octanol–water partition coefficient (Wildman–Crippen LogP) is 1.64. The minimum atomic E-state index is 0.517. The van der Waals surface area contributed by atoms with Crippen LogP contribution in [0.15, 0.2) is 0 Å². The summed E-state index contributed by atoms with van der Waals surface area (Å²) in [6.45, 7) is 9.42. The van der Waals surface area contributed by atoms with Gasteiger partial charge >= 0.3 is 0 Å². The van der Waals surface area contributed by atoms with E-state index in [-0.39, 0.29) is 0 Å². The van der Waals surface area contributed by atoms with Crippen LogP contribution in [0.4, 0.5) is 0 Å². The van der Waals surface area contributed by atoms with Crippen molar-refractivity contribution in [1.29, 1.82) is 0 Å². The lowest BCUT2D eigenvalue weighted by atomic mass is 9.80. The van der Waals surface area contributed by atoms with Gasteiger partial charge in [-0.1, -0.05) is 20.8 Å². The SMILES string of the molecule is CC(C)(C)C1CCNC1. The first-order valence-electron chi connectivity index (χ1n) is 3.81. The molecule has 1 aliphatic heterocycles. The molecular formula is C8H17N. The van der Waals surface area contributed by atoms with E-state index >= 15 is 0 Å². The Hall–Kier alpha value is -0.0400. The van der Waals surface area contributed by atoms with Gasteiger partial charge in [-0.3, -0.25) is 0 Å². The Morgan fingerprint density at radius 3 is 2.22 bits per heavy atom. The second-order valence-corrected chi connectivity index (χ2v) is 4.06. The van der Waals surface area contributed by atoms with Gasteiger partial charge < -0.3 is 5.32 Å². The minimum Gasteiger partial charge on any atom is -0.316 e. The number of hydrogen-bond donors (Lipinski definition) is 1. The van der Waals surface area contributed by atoms with E-state index in [1.54, 1.807) is 0 Å². The molecule has 1 aliphatic rings. The molecule has 9 heavy (non-hydrogen) atoms. The molecule has 0 aromatic heterocycles. The van der Waals surface area contributed by atoms with Crippen LogP contribution in [-0.2, 0) is 0 Å². The zero-order valence-corrected chi connectivity index (χ0v) is 6.70. The summed E-state index contributed by atoms with van der Waals surface area (Å²) < 4.78 is 0. The van der Waals surface area contributed by atoms with E-state index in [4.69, 9.17) is 0 Å². The quantitative estimate of drug-likeness (QED) is 0.521. The third-order valence-electron chi connectivity index (χ3n) is 2.29. The molecule has 1 saturated heterocycles. The van der Waals surface area contributed by atoms with E-state index in [1.165, 1.54) is 19.5 Å². The van der Waals surface area contributed by atoms with Crippen molar-refractivity contribution in [2.45, 2.75) is 27.2 Å². The fourth-order valence-corrected chi connectivity index (χ4v) is 1.39. The van der Waals surface area contributed by atoms with Gasteiger partial charge in [0.2, 0.25) is 0 Å². The molecule has 0 aliphatic carbocycles. The molecule has 54 valence electrons. The zero-order valence-electron chi connectivity index (χ0n) is 6.70. The fourth-order valence-electron chi connectivity index (χ4n) is 1.39. The van der Waals surface area contributed by atoms with Gasteiger partial charge in [0.05, 0.1) is 0 Å². The van der Waals surface area contributed by atoms with E-state index in [0.717, 1.165) is 5.92 Å². The van der Waals surface area contributed by atoms with E-state index in [9.17, 15) is 0 Å². The van der Waals surface area contributed by atoms with Crippen molar-refractivity contribution < 1.29 is 0 Å². The largest absolute Gasteiger partial charge is 0.316 e. The highest BCUT2D eigenvalue weighted by atomic mass is 14.9. The standard InChI is InChI=1S/C8H17N/c1-8(2,3)7-4-5-9-6-7/h7,9H,4-6H2,1-3H3. The van der Waals surface area contributed by atoms with E-state index < -0.39 is 0 Å². The molecule has 1 rings (SSSR count). The molecule has 1 unspecified atom stereocenters. The van der Waals surface area contributed by atoms with Crippen LogP contribution in [-0.4, -0.2) is 13.1 Å². The van der Waals surface area contributed by atoms with Crippen molar-refractivity contribution in [2.75, 3.05) is 13.1 Å². The summed E-state index contributed by atoms with van der Waals surface area (Å²) in [7, 11) is 0. The highest BCUT2D eigenvalue weighted by molar-refractivity contribution is 4.80. The van der Waals surface area contributed by atoms with Crippen LogP contribution in [0.2, 0.25) is 0 Å². The third-order valence-corrected chi connectivity index (χ3v) is 2.29. The van der Waals surface area contributed by atoms with Crippen LogP contribution in [0.3, 0.4) is 0 Å². The number of hydrogen-bond acceptors (Lipinski definition) is 1. The average molecular weight is 127 g/mol. The van der Waals surface area contributed by atoms with Crippen LogP contribution in [0.1, 0.15) is 27.2 Å². The van der Waals surface area contributed by atoms with Gasteiger partial charge in [0.15, 0.2) is 0 Å². The van der Waals surface area contributed by atoms with Gasteiger partial charge in [0, 0.05) is 0 Å². The first kappa shape index (κ1) is 7.07. The first-order chi connectivity index (χ1) is 4.11. The summed E-state index contributed by atoms with van der Waals surface area (Å²) in [5, 5.41) is 3.38. The Morgan fingerprint density at radius 2 is 2.00 bits per heavy atom. The van der Waals surface area contributed by atoms with E-state index in [2.05, 4.69) is 26.1 Å². The van der Waals surface area contributed by atoms with Gasteiger partial charge in [0.1, 0.15) is 0 Å². The predicted molar refractivity (Wildman–Crippen MR) is 40.4 cm³/mol. The molecule has 1 N–H and O–H groups in total. The number of rotatable bonds is 0. The Balaban J connectivity index is 2.42. The van der Waals surface area contributed by atoms with Crippen molar-refractivity contribution in [3.63, 3.8) is 0 Å². The van der Waals surface area contributed by atoms with Crippen molar-refractivity contribution >= 4 is 0 Å². The molecule has 0 bridgehead atoms. The molecule has 1 heteroatoms. The summed E-state index contributed by atoms with van der Waals surface area (Å²) in [5.74, 6) is 0.900. The monoisotopic (exact) mass is 127 g/mol. The Kier molecular flexibility index (Phi) is 1.80. The van der Waals surface area contributed by atoms with Crippen molar-refractivity contribution in [3.05, 3.63) is 0 Å². The number of nitrogens with one attached hydrogen (secondary N) is 1. The first-order valence-corrected chi connectivity index (χ1v) is 3.81. The lowest BCUT2D eigenvalue weighted by molar-refractivity contribution is 0.261. The van der Waals surface area contributed by atoms with Gasteiger partial charge in [-0.2, -0.15) is 0 Å². The molecule has 0 amide bonds. The summed E-state index contributed by atoms with van der Waals surface area (Å²) in [5.41, 5.74) is 0.517. The van der Waals surface area contributed by atoms with Crippen molar-refractivity contribution in [3.8, 4) is 0 Å². The summed E-state index contributed by atoms with van der Waals surface area (Å²) in [6, 6.07) is 0. The average Bonchev–Trinajstić information content (AvgIpc) is 2.08. The molecule has 0 spiro atoms. The third kappa shape index (κ3) is 1.68. The maximum Gasteiger partial charge on any atom is -0.00150 e. The molecule has 1 fully saturated rings. The Bertz CT molecular complexity index is 85.2. The summed E-state index contributed by atoms with van der Waals surface area (Å²) >= 11 is 0. The zero-order chi connectivity index (χ0) is 6.91. The van der Waals surface area contributed by atoms with E-state index in [0.29, 0.717) is 5.41 Å². The Labute approximate surface area is 57.8 Å². The van der Waals surface area contributed by atoms with Gasteiger partial charge in [-0.05, 0) is 30.8 Å². The lowest BCUT2D eigenvalue weighted by Gasteiger charge is -2.25.